The van der Waals surface area contributed by atoms with Crippen LogP contribution in [0.1, 0.15) is 31.9 Å². The van der Waals surface area contributed by atoms with Crippen LogP contribution >= 0.6 is 11.6 Å². The van der Waals surface area contributed by atoms with E-state index in [0.717, 1.165) is 11.4 Å². The Kier molecular flexibility index (Phi) is 4.68. The molecule has 1 aromatic rings. The first kappa shape index (κ1) is 12.1. The summed E-state index contributed by atoms with van der Waals surface area (Å²) >= 11 is 5.82. The van der Waals surface area contributed by atoms with Crippen LogP contribution < -0.4 is 5.32 Å². The zero-order valence-corrected chi connectivity index (χ0v) is 9.88. The lowest BCUT2D eigenvalue weighted by atomic mass is 10.1. The first-order valence-electron chi connectivity index (χ1n) is 5.08. The maximum atomic E-state index is 5.82. The van der Waals surface area contributed by atoms with E-state index in [4.69, 9.17) is 18.0 Å². The number of hydrogen-bond donors (Lipinski definition) is 1. The van der Waals surface area contributed by atoms with Crippen LogP contribution in [0.5, 0.6) is 0 Å². The van der Waals surface area contributed by atoms with Gasteiger partial charge in [0, 0.05) is 23.5 Å². The Bertz CT molecular complexity index is 337. The average molecular weight is 222 g/mol. The van der Waals surface area contributed by atoms with E-state index in [0.29, 0.717) is 12.1 Å². The molecule has 0 saturated heterocycles. The van der Waals surface area contributed by atoms with Crippen LogP contribution in [0.25, 0.3) is 0 Å². The zero-order valence-electron chi connectivity index (χ0n) is 9.13. The minimum absolute atomic E-state index is 0.297. The van der Waals surface area contributed by atoms with E-state index in [2.05, 4.69) is 25.1 Å². The molecular weight excluding hydrogens is 206 g/mol. The van der Waals surface area contributed by atoms with Crippen molar-refractivity contribution in [1.82, 2.24) is 5.32 Å². The van der Waals surface area contributed by atoms with Gasteiger partial charge in [0.25, 0.3) is 0 Å². The lowest BCUT2D eigenvalue weighted by Crippen LogP contribution is -2.28. The van der Waals surface area contributed by atoms with Gasteiger partial charge in [0.2, 0.25) is 0 Å². The van der Waals surface area contributed by atoms with Crippen LogP contribution in [0.3, 0.4) is 0 Å². The topological polar surface area (TPSA) is 12.0 Å². The summed E-state index contributed by atoms with van der Waals surface area (Å²) in [6, 6.07) is 8.50. The van der Waals surface area contributed by atoms with E-state index in [1.807, 2.05) is 24.3 Å². The molecule has 2 unspecified atom stereocenters. The molecule has 0 spiro atoms. The largest absolute Gasteiger partial charge is 0.307 e. The molecule has 0 heterocycles. The van der Waals surface area contributed by atoms with Gasteiger partial charge in [0.05, 0.1) is 0 Å². The van der Waals surface area contributed by atoms with E-state index in [1.54, 1.807) is 0 Å². The third kappa shape index (κ3) is 3.95. The molecule has 1 aromatic carbocycles. The quantitative estimate of drug-likeness (QED) is 0.769. The number of hydrogen-bond acceptors (Lipinski definition) is 1. The van der Waals surface area contributed by atoms with Crippen molar-refractivity contribution < 1.29 is 0 Å². The second kappa shape index (κ2) is 5.80. The smallest absolute Gasteiger partial charge is 0.0406 e. The van der Waals surface area contributed by atoms with Crippen molar-refractivity contribution in [1.29, 1.82) is 0 Å². The van der Waals surface area contributed by atoms with E-state index < -0.39 is 0 Å². The monoisotopic (exact) mass is 221 g/mol. The lowest BCUT2D eigenvalue weighted by Gasteiger charge is -2.18. The molecule has 80 valence electrons. The first-order valence-corrected chi connectivity index (χ1v) is 5.46. The van der Waals surface area contributed by atoms with E-state index in [9.17, 15) is 0 Å². The predicted octanol–water partition coefficient (Wildman–Crippen LogP) is 3.40. The lowest BCUT2D eigenvalue weighted by molar-refractivity contribution is 0.486. The Morgan fingerprint density at radius 3 is 2.47 bits per heavy atom. The molecule has 1 nitrogen and oxygen atoms in total. The highest BCUT2D eigenvalue weighted by atomic mass is 35.5. The fraction of sp³-hybridized carbons (Fsp3) is 0.385. The van der Waals surface area contributed by atoms with E-state index in [-0.39, 0.29) is 0 Å². The number of terminal acetylenes is 1. The molecule has 0 amide bonds. The zero-order chi connectivity index (χ0) is 11.3. The standard InChI is InChI=1S/C13H16ClN/c1-4-5-10(2)15-11(3)12-6-8-13(14)9-7-12/h1,6-11,15H,5H2,2-3H3. The minimum Gasteiger partial charge on any atom is -0.307 e. The summed E-state index contributed by atoms with van der Waals surface area (Å²) in [4.78, 5) is 0. The van der Waals surface area contributed by atoms with Crippen LogP contribution in [0.2, 0.25) is 5.02 Å². The Morgan fingerprint density at radius 2 is 1.93 bits per heavy atom. The summed E-state index contributed by atoms with van der Waals surface area (Å²) in [5.74, 6) is 2.65. The molecule has 0 aliphatic rings. The summed E-state index contributed by atoms with van der Waals surface area (Å²) in [6.45, 7) is 4.21. The molecule has 0 bridgehead atoms. The summed E-state index contributed by atoms with van der Waals surface area (Å²) in [5.41, 5.74) is 1.23. The van der Waals surface area contributed by atoms with E-state index >= 15 is 0 Å². The summed E-state index contributed by atoms with van der Waals surface area (Å²) in [5, 5.41) is 4.20. The second-order valence-corrected chi connectivity index (χ2v) is 4.19. The van der Waals surface area contributed by atoms with Gasteiger partial charge in [-0.05, 0) is 31.5 Å². The number of rotatable bonds is 4. The highest BCUT2D eigenvalue weighted by Gasteiger charge is 2.07. The third-order valence-corrected chi connectivity index (χ3v) is 2.58. The van der Waals surface area contributed by atoms with Crippen molar-refractivity contribution in [2.45, 2.75) is 32.4 Å². The fourth-order valence-electron chi connectivity index (χ4n) is 1.51. The molecule has 0 aliphatic carbocycles. The number of benzene rings is 1. The molecule has 0 saturated carbocycles. The highest BCUT2D eigenvalue weighted by Crippen LogP contribution is 2.16. The molecule has 1 rings (SSSR count). The Hall–Kier alpha value is -0.970. The summed E-state index contributed by atoms with van der Waals surface area (Å²) < 4.78 is 0. The molecular formula is C13H16ClN. The van der Waals surface area contributed by atoms with Gasteiger partial charge in [0.1, 0.15) is 0 Å². The van der Waals surface area contributed by atoms with Gasteiger partial charge in [-0.2, -0.15) is 0 Å². The van der Waals surface area contributed by atoms with Crippen molar-refractivity contribution in [2.75, 3.05) is 0 Å². The van der Waals surface area contributed by atoms with Gasteiger partial charge in [-0.3, -0.25) is 0 Å². The van der Waals surface area contributed by atoms with Gasteiger partial charge in [0.15, 0.2) is 0 Å². The predicted molar refractivity (Wildman–Crippen MR) is 65.9 cm³/mol. The van der Waals surface area contributed by atoms with Gasteiger partial charge in [-0.15, -0.1) is 12.3 Å². The fourth-order valence-corrected chi connectivity index (χ4v) is 1.64. The Morgan fingerprint density at radius 1 is 1.33 bits per heavy atom. The molecule has 0 aromatic heterocycles. The molecule has 1 N–H and O–H groups in total. The Labute approximate surface area is 96.8 Å². The van der Waals surface area contributed by atoms with Gasteiger partial charge >= 0.3 is 0 Å². The SMILES string of the molecule is C#CCC(C)NC(C)c1ccc(Cl)cc1. The molecule has 2 heteroatoms. The normalized spacial score (nSPS) is 14.3. The van der Waals surface area contributed by atoms with Crippen LogP contribution in [0.4, 0.5) is 0 Å². The maximum Gasteiger partial charge on any atom is 0.0406 e. The summed E-state index contributed by atoms with van der Waals surface area (Å²) in [7, 11) is 0. The van der Waals surface area contributed by atoms with Crippen LogP contribution in [0.15, 0.2) is 24.3 Å². The van der Waals surface area contributed by atoms with Crippen molar-refractivity contribution in [2.24, 2.45) is 0 Å². The molecule has 2 atom stereocenters. The maximum absolute atomic E-state index is 5.82. The minimum atomic E-state index is 0.297. The van der Waals surface area contributed by atoms with Crippen molar-refractivity contribution >= 4 is 11.6 Å². The average Bonchev–Trinajstić information content (AvgIpc) is 2.18. The number of halogens is 1. The van der Waals surface area contributed by atoms with E-state index in [1.165, 1.54) is 5.56 Å². The van der Waals surface area contributed by atoms with Crippen LogP contribution in [-0.4, -0.2) is 6.04 Å². The second-order valence-electron chi connectivity index (χ2n) is 3.75. The molecule has 15 heavy (non-hydrogen) atoms. The number of nitrogens with one attached hydrogen (secondary N) is 1. The molecule has 0 aliphatic heterocycles. The summed E-state index contributed by atoms with van der Waals surface area (Å²) in [6.07, 6.45) is 6.00. The van der Waals surface area contributed by atoms with Gasteiger partial charge < -0.3 is 5.32 Å². The Balaban J connectivity index is 2.57. The van der Waals surface area contributed by atoms with Crippen molar-refractivity contribution in [3.63, 3.8) is 0 Å². The van der Waals surface area contributed by atoms with Crippen molar-refractivity contribution in [3.05, 3.63) is 34.9 Å². The van der Waals surface area contributed by atoms with Crippen molar-refractivity contribution in [3.8, 4) is 12.3 Å². The van der Waals surface area contributed by atoms with Crippen LogP contribution in [0, 0.1) is 12.3 Å². The van der Waals surface area contributed by atoms with Gasteiger partial charge in [-0.1, -0.05) is 23.7 Å². The molecule has 0 fully saturated rings. The van der Waals surface area contributed by atoms with Gasteiger partial charge in [-0.25, -0.2) is 0 Å². The highest BCUT2D eigenvalue weighted by molar-refractivity contribution is 6.30. The third-order valence-electron chi connectivity index (χ3n) is 2.33. The first-order chi connectivity index (χ1) is 7.13. The van der Waals surface area contributed by atoms with Crippen LogP contribution in [-0.2, 0) is 0 Å². The molecule has 0 radical (unpaired) electrons.